The van der Waals surface area contributed by atoms with Crippen LogP contribution in [0.3, 0.4) is 0 Å². The van der Waals surface area contributed by atoms with Gasteiger partial charge in [0.15, 0.2) is 0 Å². The Bertz CT molecular complexity index is 670. The molecule has 0 aliphatic rings. The Kier molecular flexibility index (Phi) is 11.8. The first-order chi connectivity index (χ1) is 14.6. The molecule has 166 valence electrons. The topological polar surface area (TPSA) is 27.7 Å². The van der Waals surface area contributed by atoms with E-state index in [0.29, 0.717) is 6.61 Å². The molecule has 0 amide bonds. The highest BCUT2D eigenvalue weighted by molar-refractivity contribution is 6.64. The van der Waals surface area contributed by atoms with Gasteiger partial charge in [-0.2, -0.15) is 0 Å². The van der Waals surface area contributed by atoms with Gasteiger partial charge in [0.05, 0.1) is 6.61 Å². The van der Waals surface area contributed by atoms with E-state index >= 15 is 0 Å². The van der Waals surface area contributed by atoms with E-state index < -0.39 is 8.56 Å². The molecule has 0 bridgehead atoms. The first kappa shape index (κ1) is 24.6. The SMILES string of the molecule is CCCCCCCCCCCO[Si](C)(C)OCc1ccc(Oc2ccccc2)cc1. The maximum Gasteiger partial charge on any atom is 0.332 e. The Morgan fingerprint density at radius 2 is 1.20 bits per heavy atom. The highest BCUT2D eigenvalue weighted by atomic mass is 28.4. The lowest BCUT2D eigenvalue weighted by atomic mass is 10.1. The summed E-state index contributed by atoms with van der Waals surface area (Å²) in [7, 11) is -2.08. The first-order valence-electron chi connectivity index (χ1n) is 11.7. The van der Waals surface area contributed by atoms with E-state index in [0.717, 1.165) is 30.1 Å². The van der Waals surface area contributed by atoms with Crippen LogP contribution in [0.15, 0.2) is 54.6 Å². The fourth-order valence-electron chi connectivity index (χ4n) is 3.31. The van der Waals surface area contributed by atoms with Crippen molar-refractivity contribution < 1.29 is 13.6 Å². The lowest BCUT2D eigenvalue weighted by Gasteiger charge is -2.23. The third-order valence-corrected chi connectivity index (χ3v) is 6.93. The Hall–Kier alpha value is -1.62. The quantitative estimate of drug-likeness (QED) is 0.199. The molecule has 0 saturated carbocycles. The number of ether oxygens (including phenoxy) is 1. The Morgan fingerprint density at radius 3 is 1.83 bits per heavy atom. The largest absolute Gasteiger partial charge is 0.457 e. The van der Waals surface area contributed by atoms with E-state index in [9.17, 15) is 0 Å². The summed E-state index contributed by atoms with van der Waals surface area (Å²) in [5.41, 5.74) is 1.14. The molecule has 2 aromatic carbocycles. The molecule has 0 radical (unpaired) electrons. The molecule has 0 aliphatic carbocycles. The number of para-hydroxylation sites is 1. The fraction of sp³-hybridized carbons (Fsp3) is 0.538. The molecular formula is C26H40O3Si. The molecule has 3 nitrogen and oxygen atoms in total. The zero-order chi connectivity index (χ0) is 21.5. The van der Waals surface area contributed by atoms with Crippen molar-refractivity contribution in [2.75, 3.05) is 6.61 Å². The summed E-state index contributed by atoms with van der Waals surface area (Å²) in [5.74, 6) is 1.68. The maximum atomic E-state index is 6.13. The minimum Gasteiger partial charge on any atom is -0.457 e. The Balaban J connectivity index is 1.57. The highest BCUT2D eigenvalue weighted by Gasteiger charge is 2.24. The molecule has 2 aromatic rings. The summed E-state index contributed by atoms with van der Waals surface area (Å²) in [4.78, 5) is 0. The third kappa shape index (κ3) is 11.0. The lowest BCUT2D eigenvalue weighted by molar-refractivity contribution is 0.168. The van der Waals surface area contributed by atoms with Crippen LogP contribution >= 0.6 is 0 Å². The summed E-state index contributed by atoms with van der Waals surface area (Å²) in [6, 6.07) is 17.9. The van der Waals surface area contributed by atoms with Crippen LogP contribution in [0.2, 0.25) is 13.1 Å². The van der Waals surface area contributed by atoms with E-state index in [-0.39, 0.29) is 0 Å². The van der Waals surface area contributed by atoms with Gasteiger partial charge in [0.2, 0.25) is 0 Å². The lowest BCUT2D eigenvalue weighted by Crippen LogP contribution is -2.35. The van der Waals surface area contributed by atoms with E-state index in [1.807, 2.05) is 42.5 Å². The van der Waals surface area contributed by atoms with Crippen LogP contribution in [0.25, 0.3) is 0 Å². The zero-order valence-corrected chi connectivity index (χ0v) is 20.2. The minimum absolute atomic E-state index is 0.586. The first-order valence-corrected chi connectivity index (χ1v) is 14.5. The molecule has 0 spiro atoms. The molecule has 4 heteroatoms. The third-order valence-electron chi connectivity index (χ3n) is 5.19. The molecule has 30 heavy (non-hydrogen) atoms. The second kappa shape index (κ2) is 14.4. The van der Waals surface area contributed by atoms with Gasteiger partial charge in [-0.25, -0.2) is 0 Å². The van der Waals surface area contributed by atoms with Gasteiger partial charge in [0, 0.05) is 6.61 Å². The number of benzene rings is 2. The minimum atomic E-state index is -2.08. The monoisotopic (exact) mass is 428 g/mol. The zero-order valence-electron chi connectivity index (χ0n) is 19.2. The highest BCUT2D eigenvalue weighted by Crippen LogP contribution is 2.22. The Labute approximate surface area is 185 Å². The van der Waals surface area contributed by atoms with Gasteiger partial charge in [-0.3, -0.25) is 0 Å². The number of unbranched alkanes of at least 4 members (excludes halogenated alkanes) is 8. The molecule has 0 aliphatic heterocycles. The van der Waals surface area contributed by atoms with Gasteiger partial charge in [0.25, 0.3) is 0 Å². The predicted octanol–water partition coefficient (Wildman–Crippen LogP) is 8.24. The van der Waals surface area contributed by atoms with Gasteiger partial charge in [0.1, 0.15) is 11.5 Å². The molecule has 2 rings (SSSR count). The van der Waals surface area contributed by atoms with Gasteiger partial charge < -0.3 is 13.6 Å². The number of rotatable bonds is 16. The van der Waals surface area contributed by atoms with Gasteiger partial charge in [-0.15, -0.1) is 0 Å². The van der Waals surface area contributed by atoms with Crippen molar-refractivity contribution in [3.8, 4) is 11.5 Å². The average Bonchev–Trinajstić information content (AvgIpc) is 2.75. The normalized spacial score (nSPS) is 11.6. The number of hydrogen-bond donors (Lipinski definition) is 0. The number of hydrogen-bond acceptors (Lipinski definition) is 3. The molecule has 0 heterocycles. The van der Waals surface area contributed by atoms with Crippen LogP contribution in [0, 0.1) is 0 Å². The van der Waals surface area contributed by atoms with Crippen molar-refractivity contribution >= 4 is 8.56 Å². The summed E-state index contributed by atoms with van der Waals surface area (Å²) in [5, 5.41) is 0. The standard InChI is InChI=1S/C26H40O3Si/c1-4-5-6-7-8-9-10-11-15-22-27-30(2,3)28-23-24-18-20-26(21-19-24)29-25-16-13-12-14-17-25/h12-14,16-21H,4-11,15,22-23H2,1-3H3. The summed E-state index contributed by atoms with van der Waals surface area (Å²) < 4.78 is 18.1. The van der Waals surface area contributed by atoms with Crippen molar-refractivity contribution in [2.24, 2.45) is 0 Å². The van der Waals surface area contributed by atoms with Crippen molar-refractivity contribution in [3.63, 3.8) is 0 Å². The molecule has 0 N–H and O–H groups in total. The maximum absolute atomic E-state index is 6.13. The van der Waals surface area contributed by atoms with Crippen molar-refractivity contribution in [2.45, 2.75) is 84.4 Å². The average molecular weight is 429 g/mol. The van der Waals surface area contributed by atoms with Crippen LogP contribution in [-0.4, -0.2) is 15.2 Å². The van der Waals surface area contributed by atoms with Crippen LogP contribution in [-0.2, 0) is 15.5 Å². The van der Waals surface area contributed by atoms with Crippen LogP contribution in [0.4, 0.5) is 0 Å². The smallest absolute Gasteiger partial charge is 0.332 e. The van der Waals surface area contributed by atoms with Crippen LogP contribution < -0.4 is 4.74 Å². The fourth-order valence-corrected chi connectivity index (χ4v) is 4.54. The summed E-state index contributed by atoms with van der Waals surface area (Å²) >= 11 is 0. The van der Waals surface area contributed by atoms with Gasteiger partial charge >= 0.3 is 8.56 Å². The van der Waals surface area contributed by atoms with Crippen LogP contribution in [0.1, 0.15) is 70.3 Å². The van der Waals surface area contributed by atoms with Gasteiger partial charge in [-0.05, 0) is 49.3 Å². The molecular weight excluding hydrogens is 388 g/mol. The summed E-state index contributed by atoms with van der Waals surface area (Å²) in [6.07, 6.45) is 12.0. The molecule has 0 atom stereocenters. The van der Waals surface area contributed by atoms with Crippen molar-refractivity contribution in [1.29, 1.82) is 0 Å². The van der Waals surface area contributed by atoms with Crippen LogP contribution in [0.5, 0.6) is 11.5 Å². The van der Waals surface area contributed by atoms with E-state index in [2.05, 4.69) is 32.2 Å². The second-order valence-electron chi connectivity index (χ2n) is 8.42. The molecule has 0 saturated heterocycles. The second-order valence-corrected chi connectivity index (χ2v) is 11.8. The Morgan fingerprint density at radius 1 is 0.633 bits per heavy atom. The van der Waals surface area contributed by atoms with Crippen molar-refractivity contribution in [1.82, 2.24) is 0 Å². The predicted molar refractivity (Wildman–Crippen MR) is 128 cm³/mol. The van der Waals surface area contributed by atoms with E-state index in [4.69, 9.17) is 13.6 Å². The molecule has 0 unspecified atom stereocenters. The van der Waals surface area contributed by atoms with E-state index in [1.54, 1.807) is 0 Å². The van der Waals surface area contributed by atoms with Gasteiger partial charge in [-0.1, -0.05) is 88.6 Å². The molecule has 0 fully saturated rings. The summed E-state index contributed by atoms with van der Waals surface area (Å²) in [6.45, 7) is 7.94. The van der Waals surface area contributed by atoms with Crippen molar-refractivity contribution in [3.05, 3.63) is 60.2 Å². The van der Waals surface area contributed by atoms with E-state index in [1.165, 1.54) is 51.4 Å². The molecule has 0 aromatic heterocycles.